The standard InChI is InChI=1S/C19H16Cl2O/c1-22-18-8-4-6-16(15-5-2-3-7-17(15)21)19(18)13-9-11-14(20)12-10-13/h2-3,5,7-12H,4,6H2,1H3. The van der Waals surface area contributed by atoms with Crippen LogP contribution < -0.4 is 0 Å². The molecular formula is C19H16Cl2O. The van der Waals surface area contributed by atoms with Crippen LogP contribution in [0.5, 0.6) is 0 Å². The van der Waals surface area contributed by atoms with Gasteiger partial charge >= 0.3 is 0 Å². The molecule has 0 aliphatic heterocycles. The van der Waals surface area contributed by atoms with Crippen molar-refractivity contribution < 1.29 is 4.74 Å². The number of ether oxygens (including phenoxy) is 1. The van der Waals surface area contributed by atoms with Crippen LogP contribution in [-0.4, -0.2) is 7.11 Å². The quantitative estimate of drug-likeness (QED) is 0.648. The van der Waals surface area contributed by atoms with Gasteiger partial charge in [-0.15, -0.1) is 0 Å². The smallest absolute Gasteiger partial charge is 0.123 e. The first-order valence-corrected chi connectivity index (χ1v) is 7.95. The molecule has 3 rings (SSSR count). The van der Waals surface area contributed by atoms with E-state index in [1.165, 1.54) is 5.57 Å². The lowest BCUT2D eigenvalue weighted by Crippen LogP contribution is -2.03. The summed E-state index contributed by atoms with van der Waals surface area (Å²) in [7, 11) is 1.71. The summed E-state index contributed by atoms with van der Waals surface area (Å²) in [6, 6.07) is 15.8. The molecule has 1 aliphatic carbocycles. The van der Waals surface area contributed by atoms with Gasteiger partial charge in [0.2, 0.25) is 0 Å². The molecule has 0 amide bonds. The molecule has 0 spiro atoms. The second kappa shape index (κ2) is 6.60. The van der Waals surface area contributed by atoms with Crippen LogP contribution in [0.3, 0.4) is 0 Å². The number of allylic oxidation sites excluding steroid dienone is 3. The SMILES string of the molecule is COC1=CCCC(c2ccccc2Cl)=C1c1ccc(Cl)cc1. The molecule has 2 aromatic rings. The van der Waals surface area contributed by atoms with E-state index in [1.807, 2.05) is 42.5 Å². The van der Waals surface area contributed by atoms with E-state index in [2.05, 4.69) is 12.1 Å². The van der Waals surface area contributed by atoms with E-state index in [4.69, 9.17) is 27.9 Å². The summed E-state index contributed by atoms with van der Waals surface area (Å²) in [5.74, 6) is 0.892. The summed E-state index contributed by atoms with van der Waals surface area (Å²) >= 11 is 12.4. The Morgan fingerprint density at radius 1 is 0.955 bits per heavy atom. The largest absolute Gasteiger partial charge is 0.496 e. The zero-order valence-corrected chi connectivity index (χ0v) is 13.8. The van der Waals surface area contributed by atoms with Crippen molar-refractivity contribution in [3.63, 3.8) is 0 Å². The minimum Gasteiger partial charge on any atom is -0.496 e. The number of methoxy groups -OCH3 is 1. The molecule has 0 saturated heterocycles. The van der Waals surface area contributed by atoms with Gasteiger partial charge in [0, 0.05) is 15.6 Å². The Balaban J connectivity index is 2.22. The lowest BCUT2D eigenvalue weighted by atomic mass is 9.86. The normalized spacial score (nSPS) is 14.8. The van der Waals surface area contributed by atoms with Crippen molar-refractivity contribution in [3.8, 4) is 0 Å². The second-order valence-corrected chi connectivity index (χ2v) is 6.00. The van der Waals surface area contributed by atoms with Gasteiger partial charge in [-0.2, -0.15) is 0 Å². The molecule has 0 atom stereocenters. The molecular weight excluding hydrogens is 315 g/mol. The molecule has 112 valence electrons. The van der Waals surface area contributed by atoms with E-state index in [-0.39, 0.29) is 0 Å². The predicted octanol–water partition coefficient (Wildman–Crippen LogP) is 6.23. The highest BCUT2D eigenvalue weighted by Gasteiger charge is 2.21. The average molecular weight is 331 g/mol. The number of rotatable bonds is 3. The first-order chi connectivity index (χ1) is 10.7. The third-order valence-corrected chi connectivity index (χ3v) is 4.41. The minimum atomic E-state index is 0.724. The third kappa shape index (κ3) is 2.92. The third-order valence-electron chi connectivity index (χ3n) is 3.82. The number of hydrogen-bond donors (Lipinski definition) is 0. The Hall–Kier alpha value is -1.70. The van der Waals surface area contributed by atoms with E-state index >= 15 is 0 Å². The van der Waals surface area contributed by atoms with Crippen molar-refractivity contribution >= 4 is 34.3 Å². The number of halogens is 2. The highest BCUT2D eigenvalue weighted by molar-refractivity contribution is 6.33. The maximum absolute atomic E-state index is 6.41. The summed E-state index contributed by atoms with van der Waals surface area (Å²) in [4.78, 5) is 0. The van der Waals surface area contributed by atoms with Crippen molar-refractivity contribution in [2.75, 3.05) is 7.11 Å². The summed E-state index contributed by atoms with van der Waals surface area (Å²) < 4.78 is 5.61. The summed E-state index contributed by atoms with van der Waals surface area (Å²) in [6.45, 7) is 0. The van der Waals surface area contributed by atoms with Gasteiger partial charge in [-0.25, -0.2) is 0 Å². The van der Waals surface area contributed by atoms with E-state index in [0.29, 0.717) is 0 Å². The van der Waals surface area contributed by atoms with Crippen molar-refractivity contribution in [3.05, 3.63) is 81.5 Å². The molecule has 0 bridgehead atoms. The molecule has 0 N–H and O–H groups in total. The average Bonchev–Trinajstić information content (AvgIpc) is 2.55. The summed E-state index contributed by atoms with van der Waals surface area (Å²) in [5, 5.41) is 1.49. The first kappa shape index (κ1) is 15.2. The molecule has 0 heterocycles. The van der Waals surface area contributed by atoms with Crippen molar-refractivity contribution in [1.29, 1.82) is 0 Å². The van der Waals surface area contributed by atoms with Crippen molar-refractivity contribution in [2.45, 2.75) is 12.8 Å². The Kier molecular flexibility index (Phi) is 4.56. The fourth-order valence-corrected chi connectivity index (χ4v) is 3.19. The molecule has 2 aromatic carbocycles. The van der Waals surface area contributed by atoms with Gasteiger partial charge < -0.3 is 4.74 Å². The lowest BCUT2D eigenvalue weighted by Gasteiger charge is -2.22. The van der Waals surface area contributed by atoms with Crippen LogP contribution in [0.4, 0.5) is 0 Å². The van der Waals surface area contributed by atoms with E-state index in [0.717, 1.165) is 45.3 Å². The number of hydrogen-bond acceptors (Lipinski definition) is 1. The zero-order chi connectivity index (χ0) is 15.5. The van der Waals surface area contributed by atoms with E-state index < -0.39 is 0 Å². The van der Waals surface area contributed by atoms with Crippen LogP contribution in [0.2, 0.25) is 10.0 Å². The molecule has 1 nitrogen and oxygen atoms in total. The molecule has 22 heavy (non-hydrogen) atoms. The maximum Gasteiger partial charge on any atom is 0.123 e. The highest BCUT2D eigenvalue weighted by atomic mass is 35.5. The fraction of sp³-hybridized carbons (Fsp3) is 0.158. The van der Waals surface area contributed by atoms with Gasteiger partial charge in [-0.3, -0.25) is 0 Å². The first-order valence-electron chi connectivity index (χ1n) is 7.19. The van der Waals surface area contributed by atoms with Crippen LogP contribution in [0.1, 0.15) is 24.0 Å². The number of benzene rings is 2. The maximum atomic E-state index is 6.41. The lowest BCUT2D eigenvalue weighted by molar-refractivity contribution is 0.308. The monoisotopic (exact) mass is 330 g/mol. The predicted molar refractivity (Wildman–Crippen MR) is 94.0 cm³/mol. The Morgan fingerprint density at radius 2 is 1.68 bits per heavy atom. The minimum absolute atomic E-state index is 0.724. The molecule has 0 radical (unpaired) electrons. The molecule has 0 aromatic heterocycles. The molecule has 3 heteroatoms. The molecule has 0 unspecified atom stereocenters. The topological polar surface area (TPSA) is 9.23 Å². The highest BCUT2D eigenvalue weighted by Crippen LogP contribution is 2.41. The van der Waals surface area contributed by atoms with Gasteiger partial charge in [0.1, 0.15) is 5.76 Å². The van der Waals surface area contributed by atoms with Crippen molar-refractivity contribution in [1.82, 2.24) is 0 Å². The van der Waals surface area contributed by atoms with E-state index in [1.54, 1.807) is 7.11 Å². The Morgan fingerprint density at radius 3 is 2.36 bits per heavy atom. The van der Waals surface area contributed by atoms with Crippen molar-refractivity contribution in [2.24, 2.45) is 0 Å². The fourth-order valence-electron chi connectivity index (χ4n) is 2.82. The van der Waals surface area contributed by atoms with Gasteiger partial charge in [0.05, 0.1) is 7.11 Å². The van der Waals surface area contributed by atoms with Crippen LogP contribution in [-0.2, 0) is 4.74 Å². The van der Waals surface area contributed by atoms with Crippen LogP contribution in [0.25, 0.3) is 11.1 Å². The molecule has 1 aliphatic rings. The Labute approximate surface area is 140 Å². The van der Waals surface area contributed by atoms with Crippen LogP contribution >= 0.6 is 23.2 Å². The van der Waals surface area contributed by atoms with Gasteiger partial charge in [0.15, 0.2) is 0 Å². The summed E-state index contributed by atoms with van der Waals surface area (Å²) in [6.07, 6.45) is 4.01. The van der Waals surface area contributed by atoms with Gasteiger partial charge in [0.25, 0.3) is 0 Å². The van der Waals surface area contributed by atoms with Gasteiger partial charge in [-0.05, 0) is 53.8 Å². The van der Waals surface area contributed by atoms with Crippen LogP contribution in [0.15, 0.2) is 60.4 Å². The van der Waals surface area contributed by atoms with E-state index in [9.17, 15) is 0 Å². The van der Waals surface area contributed by atoms with Crippen LogP contribution in [0, 0.1) is 0 Å². The molecule has 0 saturated carbocycles. The molecule has 0 fully saturated rings. The Bertz CT molecular complexity index is 742. The summed E-state index contributed by atoms with van der Waals surface area (Å²) in [5.41, 5.74) is 4.47. The van der Waals surface area contributed by atoms with Gasteiger partial charge in [-0.1, -0.05) is 53.5 Å². The second-order valence-electron chi connectivity index (χ2n) is 5.15. The zero-order valence-electron chi connectivity index (χ0n) is 12.3.